The van der Waals surface area contributed by atoms with Crippen LogP contribution in [0.15, 0.2) is 11.6 Å². The molecule has 0 spiro atoms. The fourth-order valence-electron chi connectivity index (χ4n) is 1.30. The van der Waals surface area contributed by atoms with Crippen molar-refractivity contribution in [3.8, 4) is 0 Å². The molecular formula is C9H14OS. The van der Waals surface area contributed by atoms with Gasteiger partial charge in [0, 0.05) is 10.8 Å². The summed E-state index contributed by atoms with van der Waals surface area (Å²) in [5.41, 5.74) is 1.02. The lowest BCUT2D eigenvalue weighted by Gasteiger charge is -2.19. The molecule has 1 atom stereocenters. The van der Waals surface area contributed by atoms with Gasteiger partial charge in [0.2, 0.25) is 0 Å². The summed E-state index contributed by atoms with van der Waals surface area (Å²) in [7, 11) is 0. The van der Waals surface area contributed by atoms with Crippen LogP contribution >= 0.6 is 11.8 Å². The van der Waals surface area contributed by atoms with E-state index in [1.165, 1.54) is 12.2 Å². The van der Waals surface area contributed by atoms with Gasteiger partial charge >= 0.3 is 0 Å². The molecule has 0 N–H and O–H groups in total. The topological polar surface area (TPSA) is 17.1 Å². The van der Waals surface area contributed by atoms with Crippen molar-refractivity contribution in [2.45, 2.75) is 31.4 Å². The summed E-state index contributed by atoms with van der Waals surface area (Å²) < 4.78 is 0. The average Bonchev–Trinajstić information content (AvgIpc) is 2.06. The van der Waals surface area contributed by atoms with Crippen LogP contribution in [0.5, 0.6) is 0 Å². The third-order valence-corrected chi connectivity index (χ3v) is 3.26. The van der Waals surface area contributed by atoms with Gasteiger partial charge in [0.1, 0.15) is 6.29 Å². The minimum atomic E-state index is 0.492. The fourth-order valence-corrected chi connectivity index (χ4v) is 2.58. The quantitative estimate of drug-likeness (QED) is 0.605. The second-order valence-electron chi connectivity index (χ2n) is 2.76. The van der Waals surface area contributed by atoms with E-state index < -0.39 is 0 Å². The summed E-state index contributed by atoms with van der Waals surface area (Å²) in [5, 5.41) is 0.492. The van der Waals surface area contributed by atoms with Crippen molar-refractivity contribution in [3.63, 3.8) is 0 Å². The first-order valence-electron chi connectivity index (χ1n) is 4.15. The molecular weight excluding hydrogens is 156 g/mol. The van der Waals surface area contributed by atoms with E-state index in [0.29, 0.717) is 5.25 Å². The van der Waals surface area contributed by atoms with Crippen molar-refractivity contribution in [2.24, 2.45) is 0 Å². The third-order valence-electron chi connectivity index (χ3n) is 1.88. The Morgan fingerprint density at radius 1 is 1.82 bits per heavy atom. The largest absolute Gasteiger partial charge is 0.298 e. The van der Waals surface area contributed by atoms with Gasteiger partial charge in [-0.3, -0.25) is 4.79 Å². The molecule has 1 aliphatic heterocycles. The normalized spacial score (nSPS) is 24.5. The molecule has 1 aliphatic rings. The Morgan fingerprint density at radius 2 is 2.64 bits per heavy atom. The first kappa shape index (κ1) is 8.85. The van der Waals surface area contributed by atoms with Crippen LogP contribution < -0.4 is 0 Å². The fraction of sp³-hybridized carbons (Fsp3) is 0.667. The summed E-state index contributed by atoms with van der Waals surface area (Å²) in [6.07, 6.45) is 6.49. The number of hydrogen-bond acceptors (Lipinski definition) is 2. The molecule has 2 heteroatoms. The summed E-state index contributed by atoms with van der Waals surface area (Å²) in [6.45, 7) is 2.16. The zero-order valence-corrected chi connectivity index (χ0v) is 7.69. The van der Waals surface area contributed by atoms with E-state index >= 15 is 0 Å². The lowest BCUT2D eigenvalue weighted by Crippen LogP contribution is -2.12. The smallest absolute Gasteiger partial charge is 0.146 e. The van der Waals surface area contributed by atoms with Crippen LogP contribution in [0.3, 0.4) is 0 Å². The van der Waals surface area contributed by atoms with Gasteiger partial charge in [0.15, 0.2) is 0 Å². The standard InChI is InChI=1S/C9H14OS/c1-2-4-9-8(7-10)5-3-6-11-9/h5,7,9H,2-4,6H2,1H3. The number of allylic oxidation sites excluding steroid dienone is 1. The van der Waals surface area contributed by atoms with Crippen molar-refractivity contribution in [3.05, 3.63) is 11.6 Å². The van der Waals surface area contributed by atoms with Crippen LogP contribution in [-0.4, -0.2) is 17.3 Å². The van der Waals surface area contributed by atoms with Crippen molar-refractivity contribution < 1.29 is 4.79 Å². The number of thioether (sulfide) groups is 1. The molecule has 1 nitrogen and oxygen atoms in total. The van der Waals surface area contributed by atoms with Gasteiger partial charge in [0.25, 0.3) is 0 Å². The van der Waals surface area contributed by atoms with E-state index in [0.717, 1.165) is 24.7 Å². The summed E-state index contributed by atoms with van der Waals surface area (Å²) >= 11 is 1.92. The van der Waals surface area contributed by atoms with Crippen molar-refractivity contribution in [2.75, 3.05) is 5.75 Å². The number of carbonyl (C=O) groups excluding carboxylic acids is 1. The lowest BCUT2D eigenvalue weighted by molar-refractivity contribution is -0.105. The molecule has 1 rings (SSSR count). The van der Waals surface area contributed by atoms with E-state index in [9.17, 15) is 4.79 Å². The molecule has 1 unspecified atom stereocenters. The molecule has 0 aromatic rings. The minimum absolute atomic E-state index is 0.492. The van der Waals surface area contributed by atoms with Crippen LogP contribution in [0.4, 0.5) is 0 Å². The van der Waals surface area contributed by atoms with Crippen LogP contribution in [0.25, 0.3) is 0 Å². The van der Waals surface area contributed by atoms with Gasteiger partial charge in [0.05, 0.1) is 0 Å². The predicted molar refractivity (Wildman–Crippen MR) is 49.9 cm³/mol. The number of rotatable bonds is 3. The van der Waals surface area contributed by atoms with Crippen LogP contribution in [0, 0.1) is 0 Å². The molecule has 0 aliphatic carbocycles. The van der Waals surface area contributed by atoms with Gasteiger partial charge in [-0.15, -0.1) is 0 Å². The highest BCUT2D eigenvalue weighted by Gasteiger charge is 2.15. The van der Waals surface area contributed by atoms with Crippen molar-refractivity contribution in [1.29, 1.82) is 0 Å². The van der Waals surface area contributed by atoms with Crippen LogP contribution in [-0.2, 0) is 4.79 Å². The van der Waals surface area contributed by atoms with E-state index in [1.54, 1.807) is 0 Å². The maximum Gasteiger partial charge on any atom is 0.146 e. The van der Waals surface area contributed by atoms with E-state index in [4.69, 9.17) is 0 Å². The molecule has 11 heavy (non-hydrogen) atoms. The SMILES string of the molecule is CCCC1SCCC=C1C=O. The van der Waals surface area contributed by atoms with Gasteiger partial charge in [-0.1, -0.05) is 19.4 Å². The molecule has 1 heterocycles. The summed E-state index contributed by atoms with van der Waals surface area (Å²) in [6, 6.07) is 0. The first-order chi connectivity index (χ1) is 5.38. The Morgan fingerprint density at radius 3 is 3.27 bits per heavy atom. The van der Waals surface area contributed by atoms with E-state index in [1.807, 2.05) is 11.8 Å². The zero-order chi connectivity index (χ0) is 8.10. The molecule has 0 saturated heterocycles. The zero-order valence-electron chi connectivity index (χ0n) is 6.88. The third kappa shape index (κ3) is 2.37. The maximum absolute atomic E-state index is 10.6. The Balaban J connectivity index is 2.54. The molecule has 0 fully saturated rings. The molecule has 0 amide bonds. The number of hydrogen-bond donors (Lipinski definition) is 0. The Bertz CT molecular complexity index is 163. The molecule has 0 bridgehead atoms. The molecule has 0 radical (unpaired) electrons. The monoisotopic (exact) mass is 170 g/mol. The summed E-state index contributed by atoms with van der Waals surface area (Å²) in [5.74, 6) is 1.18. The average molecular weight is 170 g/mol. The summed E-state index contributed by atoms with van der Waals surface area (Å²) in [4.78, 5) is 10.6. The lowest BCUT2D eigenvalue weighted by atomic mass is 10.1. The van der Waals surface area contributed by atoms with Crippen LogP contribution in [0.1, 0.15) is 26.2 Å². The number of aldehydes is 1. The predicted octanol–water partition coefficient (Wildman–Crippen LogP) is 2.42. The van der Waals surface area contributed by atoms with Crippen molar-refractivity contribution >= 4 is 18.0 Å². The Hall–Kier alpha value is -0.240. The second-order valence-corrected chi connectivity index (χ2v) is 4.07. The molecule has 0 saturated carbocycles. The van der Waals surface area contributed by atoms with E-state index in [2.05, 4.69) is 13.0 Å². The number of carbonyl (C=O) groups is 1. The minimum Gasteiger partial charge on any atom is -0.298 e. The molecule has 0 aromatic heterocycles. The Kier molecular flexibility index (Phi) is 3.70. The van der Waals surface area contributed by atoms with Crippen molar-refractivity contribution in [1.82, 2.24) is 0 Å². The highest BCUT2D eigenvalue weighted by atomic mass is 32.2. The highest BCUT2D eigenvalue weighted by molar-refractivity contribution is 8.00. The molecule has 62 valence electrons. The van der Waals surface area contributed by atoms with E-state index in [-0.39, 0.29) is 0 Å². The maximum atomic E-state index is 10.6. The first-order valence-corrected chi connectivity index (χ1v) is 5.20. The van der Waals surface area contributed by atoms with Gasteiger partial charge in [-0.25, -0.2) is 0 Å². The highest BCUT2D eigenvalue weighted by Crippen LogP contribution is 2.27. The van der Waals surface area contributed by atoms with Gasteiger partial charge in [-0.2, -0.15) is 11.8 Å². The Labute approximate surface area is 72.2 Å². The van der Waals surface area contributed by atoms with Gasteiger partial charge < -0.3 is 0 Å². The second kappa shape index (κ2) is 4.60. The van der Waals surface area contributed by atoms with Gasteiger partial charge in [-0.05, 0) is 18.6 Å². The molecule has 0 aromatic carbocycles. The van der Waals surface area contributed by atoms with Crippen LogP contribution in [0.2, 0.25) is 0 Å².